The first-order valence-corrected chi connectivity index (χ1v) is 9.65. The zero-order chi connectivity index (χ0) is 20.4. The summed E-state index contributed by atoms with van der Waals surface area (Å²) in [5.41, 5.74) is 6.73. The molecule has 1 heterocycles. The minimum absolute atomic E-state index is 0.451. The van der Waals surface area contributed by atoms with Gasteiger partial charge in [0.1, 0.15) is 5.71 Å². The molecule has 0 saturated carbocycles. The highest BCUT2D eigenvalue weighted by Crippen LogP contribution is 2.28. The maximum atomic E-state index is 9.61. The third-order valence-electron chi connectivity index (χ3n) is 4.84. The van der Waals surface area contributed by atoms with Crippen molar-refractivity contribution in [3.63, 3.8) is 0 Å². The summed E-state index contributed by atoms with van der Waals surface area (Å²) < 4.78 is 0. The number of nitrogens with one attached hydrogen (secondary N) is 1. The number of hydrogen-bond donors (Lipinski definition) is 2. The van der Waals surface area contributed by atoms with Crippen molar-refractivity contribution in [1.82, 2.24) is 4.98 Å². The molecule has 1 aromatic heterocycles. The largest absolute Gasteiger partial charge is 0.410 e. The molecule has 3 aromatic carbocycles. The second kappa shape index (κ2) is 7.94. The van der Waals surface area contributed by atoms with Gasteiger partial charge in [0.25, 0.3) is 0 Å². The van der Waals surface area contributed by atoms with Crippen LogP contribution < -0.4 is 5.32 Å². The van der Waals surface area contributed by atoms with Gasteiger partial charge in [-0.2, -0.15) is 0 Å². The average molecular weight is 402 g/mol. The Balaban J connectivity index is 1.63. The summed E-state index contributed by atoms with van der Waals surface area (Å²) in [5, 5.41) is 18.1. The minimum Gasteiger partial charge on any atom is -0.410 e. The Morgan fingerprint density at radius 1 is 0.897 bits per heavy atom. The van der Waals surface area contributed by atoms with Crippen LogP contribution in [0.25, 0.3) is 10.9 Å². The molecule has 0 fully saturated rings. The first-order valence-electron chi connectivity index (χ1n) is 9.27. The molecule has 0 bridgehead atoms. The lowest BCUT2D eigenvalue weighted by molar-refractivity contribution is 0.319. The Morgan fingerprint density at radius 3 is 2.41 bits per heavy atom. The zero-order valence-corrected chi connectivity index (χ0v) is 16.9. The Labute approximate surface area is 174 Å². The number of oxime groups is 1. The molecule has 5 heteroatoms. The van der Waals surface area contributed by atoms with E-state index in [4.69, 9.17) is 11.6 Å². The Hall–Kier alpha value is -3.37. The normalized spacial score (nSPS) is 11.6. The van der Waals surface area contributed by atoms with Crippen molar-refractivity contribution in [3.8, 4) is 0 Å². The maximum Gasteiger partial charge on any atom is 0.118 e. The molecule has 0 atom stereocenters. The summed E-state index contributed by atoms with van der Waals surface area (Å²) in [6, 6.07) is 23.5. The number of anilines is 2. The van der Waals surface area contributed by atoms with E-state index in [-0.39, 0.29) is 0 Å². The maximum absolute atomic E-state index is 9.61. The molecule has 0 aliphatic rings. The van der Waals surface area contributed by atoms with Gasteiger partial charge in [0.15, 0.2) is 0 Å². The monoisotopic (exact) mass is 401 g/mol. The van der Waals surface area contributed by atoms with E-state index in [2.05, 4.69) is 27.6 Å². The number of halogens is 1. The second-order valence-electron chi connectivity index (χ2n) is 6.94. The van der Waals surface area contributed by atoms with Crippen LogP contribution in [0, 0.1) is 13.8 Å². The Bertz CT molecular complexity index is 1230. The molecule has 4 aromatic rings. The van der Waals surface area contributed by atoms with E-state index >= 15 is 0 Å². The van der Waals surface area contributed by atoms with Gasteiger partial charge in [-0.3, -0.25) is 4.98 Å². The molecule has 4 rings (SSSR count). The van der Waals surface area contributed by atoms with Crippen molar-refractivity contribution in [1.29, 1.82) is 0 Å². The molecule has 0 saturated heterocycles. The summed E-state index contributed by atoms with van der Waals surface area (Å²) in [5.74, 6) is 0. The molecule has 0 radical (unpaired) electrons. The zero-order valence-electron chi connectivity index (χ0n) is 16.1. The predicted octanol–water partition coefficient (Wildman–Crippen LogP) is 6.48. The fourth-order valence-electron chi connectivity index (χ4n) is 3.35. The van der Waals surface area contributed by atoms with E-state index in [9.17, 15) is 5.21 Å². The van der Waals surface area contributed by atoms with E-state index in [1.165, 1.54) is 0 Å². The minimum atomic E-state index is 0.451. The van der Waals surface area contributed by atoms with Crippen molar-refractivity contribution in [3.05, 3.63) is 100 Å². The molecular weight excluding hydrogens is 382 g/mol. The average Bonchev–Trinajstić information content (AvgIpc) is 2.71. The highest BCUT2D eigenvalue weighted by molar-refractivity contribution is 6.35. The first kappa shape index (κ1) is 19.0. The quantitative estimate of drug-likeness (QED) is 0.234. The number of hydrogen-bond acceptors (Lipinski definition) is 4. The van der Waals surface area contributed by atoms with Crippen molar-refractivity contribution < 1.29 is 5.21 Å². The van der Waals surface area contributed by atoms with Gasteiger partial charge in [-0.1, -0.05) is 47.1 Å². The van der Waals surface area contributed by atoms with E-state index in [0.29, 0.717) is 16.3 Å². The van der Waals surface area contributed by atoms with Crippen LogP contribution in [0.5, 0.6) is 0 Å². The summed E-state index contributed by atoms with van der Waals surface area (Å²) in [6.45, 7) is 3.95. The molecule has 2 N–H and O–H groups in total. The van der Waals surface area contributed by atoms with Crippen LogP contribution in [0.1, 0.15) is 22.4 Å². The fourth-order valence-corrected chi connectivity index (χ4v) is 3.62. The van der Waals surface area contributed by atoms with Gasteiger partial charge in [0.05, 0.1) is 10.5 Å². The van der Waals surface area contributed by atoms with Gasteiger partial charge in [-0.25, -0.2) is 0 Å². The molecule has 144 valence electrons. The lowest BCUT2D eigenvalue weighted by Crippen LogP contribution is -2.06. The fraction of sp³-hybridized carbons (Fsp3) is 0.0833. The Kier molecular flexibility index (Phi) is 5.19. The number of aryl methyl sites for hydroxylation is 2. The van der Waals surface area contributed by atoms with Crippen molar-refractivity contribution >= 4 is 39.6 Å². The number of pyridine rings is 1. The van der Waals surface area contributed by atoms with E-state index in [1.54, 1.807) is 0 Å². The van der Waals surface area contributed by atoms with Crippen LogP contribution in [0.15, 0.2) is 78.0 Å². The van der Waals surface area contributed by atoms with Crippen LogP contribution in [-0.4, -0.2) is 15.9 Å². The van der Waals surface area contributed by atoms with Crippen molar-refractivity contribution in [2.45, 2.75) is 13.8 Å². The third kappa shape index (κ3) is 3.93. The molecule has 0 aliphatic carbocycles. The first-order chi connectivity index (χ1) is 14.0. The van der Waals surface area contributed by atoms with E-state index in [0.717, 1.165) is 39.1 Å². The number of nitrogens with zero attached hydrogens (tertiary/aromatic N) is 2. The number of fused-ring (bicyclic) bond motifs is 1. The molecule has 0 spiro atoms. The van der Waals surface area contributed by atoms with Crippen LogP contribution in [0.4, 0.5) is 11.4 Å². The van der Waals surface area contributed by atoms with Gasteiger partial charge < -0.3 is 10.5 Å². The highest BCUT2D eigenvalue weighted by Gasteiger charge is 2.14. The van der Waals surface area contributed by atoms with Crippen LogP contribution >= 0.6 is 11.6 Å². The summed E-state index contributed by atoms with van der Waals surface area (Å²) in [4.78, 5) is 4.53. The number of benzene rings is 3. The Morgan fingerprint density at radius 2 is 1.66 bits per heavy atom. The molecular formula is C24H20ClN3O. The third-order valence-corrected chi connectivity index (χ3v) is 5.15. The highest BCUT2D eigenvalue weighted by atomic mass is 35.5. The molecule has 4 nitrogen and oxygen atoms in total. The van der Waals surface area contributed by atoms with E-state index in [1.807, 2.05) is 74.5 Å². The van der Waals surface area contributed by atoms with Crippen molar-refractivity contribution in [2.75, 3.05) is 5.32 Å². The number of aromatic nitrogens is 1. The van der Waals surface area contributed by atoms with Crippen LogP contribution in [0.2, 0.25) is 5.02 Å². The molecule has 29 heavy (non-hydrogen) atoms. The SMILES string of the molecule is Cc1ccc2cc(Nc3ccc(C(=NO)c4ccccc4C)c(Cl)c3)ccc2n1. The second-order valence-corrected chi connectivity index (χ2v) is 7.35. The summed E-state index contributed by atoms with van der Waals surface area (Å²) in [6.07, 6.45) is 0. The molecule has 0 aliphatic heterocycles. The van der Waals surface area contributed by atoms with Crippen LogP contribution in [-0.2, 0) is 0 Å². The van der Waals surface area contributed by atoms with Gasteiger partial charge >= 0.3 is 0 Å². The molecule has 0 unspecified atom stereocenters. The van der Waals surface area contributed by atoms with Crippen LogP contribution in [0.3, 0.4) is 0 Å². The van der Waals surface area contributed by atoms with Gasteiger partial charge in [0.2, 0.25) is 0 Å². The number of rotatable bonds is 4. The topological polar surface area (TPSA) is 57.5 Å². The van der Waals surface area contributed by atoms with Gasteiger partial charge in [-0.15, -0.1) is 0 Å². The molecule has 0 amide bonds. The smallest absolute Gasteiger partial charge is 0.118 e. The summed E-state index contributed by atoms with van der Waals surface area (Å²) >= 11 is 6.54. The van der Waals surface area contributed by atoms with Crippen molar-refractivity contribution in [2.24, 2.45) is 5.16 Å². The summed E-state index contributed by atoms with van der Waals surface area (Å²) in [7, 11) is 0. The van der Waals surface area contributed by atoms with Gasteiger partial charge in [-0.05, 0) is 61.9 Å². The predicted molar refractivity (Wildman–Crippen MR) is 120 cm³/mol. The standard InChI is InChI=1S/C24H20ClN3O/c1-15-5-3-4-6-20(15)24(28-29)21-11-9-19(14-22(21)25)27-18-10-12-23-17(13-18)8-7-16(2)26-23/h3-14,27,29H,1-2H3. The lowest BCUT2D eigenvalue weighted by atomic mass is 9.98. The van der Waals surface area contributed by atoms with Gasteiger partial charge in [0, 0.05) is 33.6 Å². The lowest BCUT2D eigenvalue weighted by Gasteiger charge is -2.13. The van der Waals surface area contributed by atoms with E-state index < -0.39 is 0 Å².